The molecule has 96 valence electrons. The van der Waals surface area contributed by atoms with Crippen molar-refractivity contribution in [2.24, 2.45) is 0 Å². The second kappa shape index (κ2) is 4.59. The third kappa shape index (κ3) is 2.29. The molecule has 0 unspecified atom stereocenters. The van der Waals surface area contributed by atoms with Crippen LogP contribution < -0.4 is 5.73 Å². The number of nitrogens with one attached hydrogen (secondary N) is 1. The fourth-order valence-electron chi connectivity index (χ4n) is 1.87. The molecular formula is C14H10F2N2S. The number of hydrogen-bond donors (Lipinski definition) is 2. The first-order valence-electron chi connectivity index (χ1n) is 5.63. The van der Waals surface area contributed by atoms with Crippen molar-refractivity contribution in [3.05, 3.63) is 54.1 Å². The summed E-state index contributed by atoms with van der Waals surface area (Å²) in [5, 5.41) is 1.83. The molecule has 0 spiro atoms. The number of H-pyrrole nitrogens is 1. The van der Waals surface area contributed by atoms with E-state index in [0.29, 0.717) is 4.90 Å². The Kier molecular flexibility index (Phi) is 2.91. The average Bonchev–Trinajstić information content (AvgIpc) is 2.77. The first-order valence-corrected chi connectivity index (χ1v) is 6.45. The molecular weight excluding hydrogens is 266 g/mol. The largest absolute Gasteiger partial charge is 0.395 e. The lowest BCUT2D eigenvalue weighted by atomic mass is 10.3. The molecule has 0 aliphatic heterocycles. The van der Waals surface area contributed by atoms with Gasteiger partial charge in [0.15, 0.2) is 0 Å². The smallest absolute Gasteiger partial charge is 0.150 e. The Labute approximate surface area is 112 Å². The summed E-state index contributed by atoms with van der Waals surface area (Å²) in [5.41, 5.74) is 6.55. The summed E-state index contributed by atoms with van der Waals surface area (Å²) in [6, 6.07) is 11.7. The van der Waals surface area contributed by atoms with Crippen LogP contribution in [0.25, 0.3) is 10.9 Å². The summed E-state index contributed by atoms with van der Waals surface area (Å²) >= 11 is 1.21. The standard InChI is InChI=1S/C14H10F2N2S/c15-9-6-10(16)14(17)12(7-9)19-13-5-8-3-1-2-4-11(8)18-13/h1-7,18H,17H2. The molecule has 0 fully saturated rings. The zero-order chi connectivity index (χ0) is 13.4. The van der Waals surface area contributed by atoms with Crippen LogP contribution in [0, 0.1) is 11.6 Å². The summed E-state index contributed by atoms with van der Waals surface area (Å²) in [7, 11) is 0. The molecule has 0 bridgehead atoms. The fraction of sp³-hybridized carbons (Fsp3) is 0. The van der Waals surface area contributed by atoms with E-state index < -0.39 is 11.6 Å². The van der Waals surface area contributed by atoms with Crippen LogP contribution in [0.5, 0.6) is 0 Å². The van der Waals surface area contributed by atoms with Crippen molar-refractivity contribution in [1.29, 1.82) is 0 Å². The molecule has 0 saturated carbocycles. The van der Waals surface area contributed by atoms with Crippen LogP contribution >= 0.6 is 11.8 Å². The van der Waals surface area contributed by atoms with E-state index in [1.54, 1.807) is 0 Å². The molecule has 0 aliphatic rings. The quantitative estimate of drug-likeness (QED) is 0.689. The Balaban J connectivity index is 2.01. The molecule has 3 aromatic rings. The summed E-state index contributed by atoms with van der Waals surface area (Å²) in [6.07, 6.45) is 0. The molecule has 1 heterocycles. The zero-order valence-corrected chi connectivity index (χ0v) is 10.6. The highest BCUT2D eigenvalue weighted by atomic mass is 32.2. The number of aromatic nitrogens is 1. The lowest BCUT2D eigenvalue weighted by Crippen LogP contribution is -1.94. The zero-order valence-electron chi connectivity index (χ0n) is 9.78. The van der Waals surface area contributed by atoms with Crippen molar-refractivity contribution in [2.45, 2.75) is 9.92 Å². The van der Waals surface area contributed by atoms with Gasteiger partial charge in [0, 0.05) is 21.9 Å². The van der Waals surface area contributed by atoms with E-state index in [2.05, 4.69) is 4.98 Å². The van der Waals surface area contributed by atoms with Crippen molar-refractivity contribution < 1.29 is 8.78 Å². The highest BCUT2D eigenvalue weighted by Crippen LogP contribution is 2.35. The predicted octanol–water partition coefficient (Wildman–Crippen LogP) is 4.18. The van der Waals surface area contributed by atoms with Crippen LogP contribution in [0.4, 0.5) is 14.5 Å². The SMILES string of the molecule is Nc1c(F)cc(F)cc1Sc1cc2ccccc2[nH]1. The van der Waals surface area contributed by atoms with Crippen molar-refractivity contribution in [3.63, 3.8) is 0 Å². The highest BCUT2D eigenvalue weighted by molar-refractivity contribution is 7.99. The Bertz CT molecular complexity index is 719. The minimum atomic E-state index is -0.737. The molecule has 0 amide bonds. The second-order valence-electron chi connectivity index (χ2n) is 4.12. The number of benzene rings is 2. The van der Waals surface area contributed by atoms with E-state index in [4.69, 9.17) is 5.73 Å². The summed E-state index contributed by atoms with van der Waals surface area (Å²) in [4.78, 5) is 3.54. The Morgan fingerprint density at radius 2 is 1.84 bits per heavy atom. The normalized spacial score (nSPS) is 11.1. The van der Waals surface area contributed by atoms with Gasteiger partial charge in [-0.15, -0.1) is 0 Å². The van der Waals surface area contributed by atoms with E-state index in [1.807, 2.05) is 30.3 Å². The third-order valence-electron chi connectivity index (χ3n) is 2.78. The van der Waals surface area contributed by atoms with Gasteiger partial charge in [-0.1, -0.05) is 30.0 Å². The lowest BCUT2D eigenvalue weighted by molar-refractivity contribution is 0.581. The van der Waals surface area contributed by atoms with Crippen LogP contribution in [0.1, 0.15) is 0 Å². The van der Waals surface area contributed by atoms with Gasteiger partial charge in [0.25, 0.3) is 0 Å². The van der Waals surface area contributed by atoms with Crippen molar-refractivity contribution in [3.8, 4) is 0 Å². The Morgan fingerprint density at radius 1 is 1.05 bits per heavy atom. The van der Waals surface area contributed by atoms with Crippen LogP contribution in [0.2, 0.25) is 0 Å². The molecule has 0 aliphatic carbocycles. The van der Waals surface area contributed by atoms with Gasteiger partial charge < -0.3 is 10.7 Å². The monoisotopic (exact) mass is 276 g/mol. The molecule has 5 heteroatoms. The minimum Gasteiger partial charge on any atom is -0.395 e. The molecule has 19 heavy (non-hydrogen) atoms. The molecule has 0 atom stereocenters. The molecule has 3 rings (SSSR count). The molecule has 2 nitrogen and oxygen atoms in total. The van der Waals surface area contributed by atoms with Gasteiger partial charge >= 0.3 is 0 Å². The van der Waals surface area contributed by atoms with E-state index in [0.717, 1.165) is 22.0 Å². The number of anilines is 1. The third-order valence-corrected chi connectivity index (χ3v) is 3.78. The first kappa shape index (κ1) is 12.0. The van der Waals surface area contributed by atoms with Gasteiger partial charge in [-0.25, -0.2) is 8.78 Å². The summed E-state index contributed by atoms with van der Waals surface area (Å²) in [5.74, 6) is -1.37. The van der Waals surface area contributed by atoms with E-state index >= 15 is 0 Å². The summed E-state index contributed by atoms with van der Waals surface area (Å²) < 4.78 is 26.6. The molecule has 1 aromatic heterocycles. The molecule has 0 saturated heterocycles. The van der Waals surface area contributed by atoms with Crippen molar-refractivity contribution in [1.82, 2.24) is 4.98 Å². The Morgan fingerprint density at radius 3 is 2.63 bits per heavy atom. The number of nitrogen functional groups attached to an aromatic ring is 1. The minimum absolute atomic E-state index is 0.0370. The Hall–Kier alpha value is -2.01. The summed E-state index contributed by atoms with van der Waals surface area (Å²) in [6.45, 7) is 0. The first-order chi connectivity index (χ1) is 9.13. The maximum atomic E-state index is 13.4. The van der Waals surface area contributed by atoms with Crippen LogP contribution in [0.15, 0.2) is 52.4 Å². The van der Waals surface area contributed by atoms with Crippen LogP contribution in [-0.2, 0) is 0 Å². The lowest BCUT2D eigenvalue weighted by Gasteiger charge is -2.05. The second-order valence-corrected chi connectivity index (χ2v) is 5.21. The van der Waals surface area contributed by atoms with Crippen LogP contribution in [0.3, 0.4) is 0 Å². The van der Waals surface area contributed by atoms with Gasteiger partial charge in [-0.3, -0.25) is 0 Å². The molecule has 0 radical (unpaired) electrons. The maximum absolute atomic E-state index is 13.4. The number of aromatic amines is 1. The van der Waals surface area contributed by atoms with E-state index in [1.165, 1.54) is 17.8 Å². The van der Waals surface area contributed by atoms with Crippen LogP contribution in [-0.4, -0.2) is 4.98 Å². The number of fused-ring (bicyclic) bond motifs is 1. The number of hydrogen-bond acceptors (Lipinski definition) is 2. The van der Waals surface area contributed by atoms with Gasteiger partial charge in [-0.05, 0) is 18.2 Å². The maximum Gasteiger partial charge on any atom is 0.150 e. The highest BCUT2D eigenvalue weighted by Gasteiger charge is 2.11. The van der Waals surface area contributed by atoms with Crippen molar-refractivity contribution in [2.75, 3.05) is 5.73 Å². The van der Waals surface area contributed by atoms with Gasteiger partial charge in [0.2, 0.25) is 0 Å². The van der Waals surface area contributed by atoms with Gasteiger partial charge in [-0.2, -0.15) is 0 Å². The fourth-order valence-corrected chi connectivity index (χ4v) is 2.83. The molecule has 3 N–H and O–H groups in total. The number of para-hydroxylation sites is 1. The van der Waals surface area contributed by atoms with Gasteiger partial charge in [0.1, 0.15) is 11.6 Å². The molecule has 2 aromatic carbocycles. The number of nitrogens with two attached hydrogens (primary N) is 1. The van der Waals surface area contributed by atoms with Gasteiger partial charge in [0.05, 0.1) is 10.7 Å². The average molecular weight is 276 g/mol. The van der Waals surface area contributed by atoms with E-state index in [9.17, 15) is 8.78 Å². The predicted molar refractivity (Wildman–Crippen MR) is 73.2 cm³/mol. The van der Waals surface area contributed by atoms with E-state index in [-0.39, 0.29) is 5.69 Å². The van der Waals surface area contributed by atoms with Crippen molar-refractivity contribution >= 4 is 28.4 Å². The number of halogens is 2. The topological polar surface area (TPSA) is 41.8 Å². The number of rotatable bonds is 2.